The van der Waals surface area contributed by atoms with E-state index in [0.29, 0.717) is 17.0 Å². The first-order valence-electron chi connectivity index (χ1n) is 5.46. The fourth-order valence-electron chi connectivity index (χ4n) is 1.48. The molecule has 0 N–H and O–H groups in total. The maximum absolute atomic E-state index is 5.94. The van der Waals surface area contributed by atoms with Gasteiger partial charge in [0, 0.05) is 19.2 Å². The third-order valence-corrected chi connectivity index (χ3v) is 3.18. The Morgan fingerprint density at radius 2 is 1.88 bits per heavy atom. The van der Waals surface area contributed by atoms with Crippen LogP contribution in [0.2, 0.25) is 5.15 Å². The first kappa shape index (κ1) is 13.2. The molecule has 1 aromatic heterocycles. The summed E-state index contributed by atoms with van der Waals surface area (Å²) in [5.74, 6) is 1.58. The molecule has 1 rings (SSSR count). The molecule has 0 fully saturated rings. The van der Waals surface area contributed by atoms with E-state index < -0.39 is 0 Å². The topological polar surface area (TPSA) is 29.0 Å². The molecular formula is C12H20ClN3. The van der Waals surface area contributed by atoms with Crippen LogP contribution in [0, 0.1) is 12.3 Å². The number of aromatic nitrogens is 2. The molecule has 3 nitrogen and oxygen atoms in total. The van der Waals surface area contributed by atoms with Crippen LogP contribution >= 0.6 is 11.6 Å². The lowest BCUT2D eigenvalue weighted by atomic mass is 9.87. The summed E-state index contributed by atoms with van der Waals surface area (Å²) >= 11 is 5.94. The molecule has 0 aliphatic rings. The van der Waals surface area contributed by atoms with Crippen LogP contribution in [0.3, 0.4) is 0 Å². The highest BCUT2D eigenvalue weighted by Crippen LogP contribution is 2.27. The van der Waals surface area contributed by atoms with E-state index in [1.54, 1.807) is 6.07 Å². The van der Waals surface area contributed by atoms with Crippen LogP contribution in [-0.2, 0) is 0 Å². The van der Waals surface area contributed by atoms with Gasteiger partial charge in [-0.1, -0.05) is 32.4 Å². The molecule has 90 valence electrons. The van der Waals surface area contributed by atoms with Gasteiger partial charge in [-0.25, -0.2) is 9.97 Å². The quantitative estimate of drug-likeness (QED) is 0.744. The van der Waals surface area contributed by atoms with Gasteiger partial charge in [0.1, 0.15) is 16.8 Å². The lowest BCUT2D eigenvalue weighted by Gasteiger charge is -2.36. The van der Waals surface area contributed by atoms with Crippen molar-refractivity contribution in [3.63, 3.8) is 0 Å². The summed E-state index contributed by atoms with van der Waals surface area (Å²) in [5, 5.41) is 0.496. The number of aryl methyl sites for hydroxylation is 1. The van der Waals surface area contributed by atoms with Crippen LogP contribution in [0.4, 0.5) is 5.82 Å². The molecular weight excluding hydrogens is 222 g/mol. The van der Waals surface area contributed by atoms with Gasteiger partial charge in [-0.05, 0) is 19.3 Å². The molecule has 1 aromatic rings. The Morgan fingerprint density at radius 1 is 1.31 bits per heavy atom. The van der Waals surface area contributed by atoms with Crippen LogP contribution in [0.25, 0.3) is 0 Å². The van der Waals surface area contributed by atoms with Gasteiger partial charge in [0.15, 0.2) is 0 Å². The van der Waals surface area contributed by atoms with Crippen molar-refractivity contribution in [2.45, 2.75) is 40.7 Å². The second-order valence-corrected chi connectivity index (χ2v) is 5.64. The zero-order valence-corrected chi connectivity index (χ0v) is 11.6. The number of hydrogen-bond acceptors (Lipinski definition) is 3. The third-order valence-electron chi connectivity index (χ3n) is 2.99. The summed E-state index contributed by atoms with van der Waals surface area (Å²) in [5.41, 5.74) is 0.195. The predicted octanol–water partition coefficient (Wildman–Crippen LogP) is 3.31. The van der Waals surface area contributed by atoms with Gasteiger partial charge in [0.05, 0.1) is 0 Å². The molecule has 0 aliphatic heterocycles. The van der Waals surface area contributed by atoms with E-state index in [1.165, 1.54) is 0 Å². The standard InChI is InChI=1S/C12H20ClN3/c1-8(12(3,4)5)16(6)11-7-10(13)14-9(2)15-11/h7-8H,1-6H3. The molecule has 0 amide bonds. The van der Waals surface area contributed by atoms with E-state index in [9.17, 15) is 0 Å². The molecule has 0 aliphatic carbocycles. The first-order chi connectivity index (χ1) is 7.21. The molecule has 4 heteroatoms. The summed E-state index contributed by atoms with van der Waals surface area (Å²) in [6, 6.07) is 2.18. The van der Waals surface area contributed by atoms with Crippen molar-refractivity contribution >= 4 is 17.4 Å². The van der Waals surface area contributed by atoms with Crippen molar-refractivity contribution in [3.8, 4) is 0 Å². The molecule has 16 heavy (non-hydrogen) atoms. The van der Waals surface area contributed by atoms with Gasteiger partial charge < -0.3 is 4.90 Å². The SMILES string of the molecule is Cc1nc(Cl)cc(N(C)C(C)C(C)(C)C)n1. The highest BCUT2D eigenvalue weighted by Gasteiger charge is 2.25. The van der Waals surface area contributed by atoms with E-state index >= 15 is 0 Å². The molecule has 0 aromatic carbocycles. The average Bonchev–Trinajstić information content (AvgIpc) is 2.12. The second-order valence-electron chi connectivity index (χ2n) is 5.25. The Morgan fingerprint density at radius 3 is 2.31 bits per heavy atom. The summed E-state index contributed by atoms with van der Waals surface area (Å²) in [6.45, 7) is 10.7. The minimum absolute atomic E-state index is 0.195. The van der Waals surface area contributed by atoms with E-state index in [-0.39, 0.29) is 5.41 Å². The van der Waals surface area contributed by atoms with Crippen LogP contribution < -0.4 is 4.90 Å². The normalized spacial score (nSPS) is 13.7. The van der Waals surface area contributed by atoms with E-state index in [4.69, 9.17) is 11.6 Å². The molecule has 0 saturated carbocycles. The maximum atomic E-state index is 5.94. The van der Waals surface area contributed by atoms with Crippen molar-refractivity contribution in [2.75, 3.05) is 11.9 Å². The molecule has 1 atom stereocenters. The van der Waals surface area contributed by atoms with Crippen LogP contribution in [0.15, 0.2) is 6.07 Å². The van der Waals surface area contributed by atoms with Crippen molar-refractivity contribution in [1.29, 1.82) is 0 Å². The molecule has 0 spiro atoms. The zero-order chi connectivity index (χ0) is 12.5. The molecule has 1 unspecified atom stereocenters. The van der Waals surface area contributed by atoms with E-state index in [0.717, 1.165) is 5.82 Å². The summed E-state index contributed by atoms with van der Waals surface area (Å²) in [4.78, 5) is 10.6. The van der Waals surface area contributed by atoms with Gasteiger partial charge in [-0.15, -0.1) is 0 Å². The molecule has 0 saturated heterocycles. The predicted molar refractivity (Wildman–Crippen MR) is 69.1 cm³/mol. The van der Waals surface area contributed by atoms with Gasteiger partial charge in [-0.2, -0.15) is 0 Å². The van der Waals surface area contributed by atoms with Crippen molar-refractivity contribution in [2.24, 2.45) is 5.41 Å². The largest absolute Gasteiger partial charge is 0.356 e. The van der Waals surface area contributed by atoms with Gasteiger partial charge >= 0.3 is 0 Å². The van der Waals surface area contributed by atoms with E-state index in [1.807, 2.05) is 14.0 Å². The number of halogens is 1. The third kappa shape index (κ3) is 3.08. The fraction of sp³-hybridized carbons (Fsp3) is 0.667. The molecule has 0 bridgehead atoms. The highest BCUT2D eigenvalue weighted by atomic mass is 35.5. The number of hydrogen-bond donors (Lipinski definition) is 0. The smallest absolute Gasteiger partial charge is 0.134 e. The second kappa shape index (κ2) is 4.58. The highest BCUT2D eigenvalue weighted by molar-refractivity contribution is 6.29. The minimum Gasteiger partial charge on any atom is -0.356 e. The minimum atomic E-state index is 0.195. The van der Waals surface area contributed by atoms with Crippen LogP contribution in [0.5, 0.6) is 0 Å². The Hall–Kier alpha value is -0.830. The van der Waals surface area contributed by atoms with Crippen molar-refractivity contribution in [1.82, 2.24) is 9.97 Å². The monoisotopic (exact) mass is 241 g/mol. The Kier molecular flexibility index (Phi) is 3.79. The van der Waals surface area contributed by atoms with Crippen molar-refractivity contribution in [3.05, 3.63) is 17.0 Å². The first-order valence-corrected chi connectivity index (χ1v) is 5.83. The number of nitrogens with zero attached hydrogens (tertiary/aromatic N) is 3. The Balaban J connectivity index is 3.00. The lowest BCUT2D eigenvalue weighted by Crippen LogP contribution is -2.39. The van der Waals surface area contributed by atoms with Crippen molar-refractivity contribution < 1.29 is 0 Å². The van der Waals surface area contributed by atoms with Gasteiger partial charge in [0.25, 0.3) is 0 Å². The number of anilines is 1. The van der Waals surface area contributed by atoms with Gasteiger partial charge in [0.2, 0.25) is 0 Å². The lowest BCUT2D eigenvalue weighted by molar-refractivity contribution is 0.328. The molecule has 1 heterocycles. The Bertz CT molecular complexity index is 351. The maximum Gasteiger partial charge on any atom is 0.134 e. The summed E-state index contributed by atoms with van der Waals surface area (Å²) in [6.07, 6.45) is 0. The molecule has 0 radical (unpaired) electrons. The van der Waals surface area contributed by atoms with E-state index in [2.05, 4.69) is 42.6 Å². The Labute approximate surface area is 103 Å². The summed E-state index contributed by atoms with van der Waals surface area (Å²) < 4.78 is 0. The zero-order valence-electron chi connectivity index (χ0n) is 10.9. The average molecular weight is 242 g/mol. The van der Waals surface area contributed by atoms with Gasteiger partial charge in [-0.3, -0.25) is 0 Å². The van der Waals surface area contributed by atoms with Crippen LogP contribution in [-0.4, -0.2) is 23.1 Å². The fourth-order valence-corrected chi connectivity index (χ4v) is 1.70. The summed E-state index contributed by atoms with van der Waals surface area (Å²) in [7, 11) is 2.04. The van der Waals surface area contributed by atoms with Crippen LogP contribution in [0.1, 0.15) is 33.5 Å². The number of rotatable bonds is 2.